The molecule has 1 aromatic carbocycles. The van der Waals surface area contributed by atoms with E-state index in [0.29, 0.717) is 5.92 Å². The van der Waals surface area contributed by atoms with Crippen LogP contribution >= 0.6 is 0 Å². The molecule has 0 aromatic heterocycles. The molecule has 21 heavy (non-hydrogen) atoms. The first kappa shape index (κ1) is 15.0. The van der Waals surface area contributed by atoms with Crippen LogP contribution in [0.3, 0.4) is 0 Å². The molecule has 1 N–H and O–H groups in total. The smallest absolute Gasteiger partial charge is 0.207 e. The minimum absolute atomic E-state index is 0.00916. The van der Waals surface area contributed by atoms with Crippen LogP contribution in [0.5, 0.6) is 0 Å². The van der Waals surface area contributed by atoms with Crippen molar-refractivity contribution in [2.24, 2.45) is 16.7 Å². The molecule has 0 heterocycles. The third-order valence-electron chi connectivity index (χ3n) is 6.22. The second-order valence-corrected chi connectivity index (χ2v) is 8.95. The summed E-state index contributed by atoms with van der Waals surface area (Å²) >= 11 is 0. The molecule has 0 radical (unpaired) electrons. The largest absolute Gasteiger partial charge is 0.240 e. The van der Waals surface area contributed by atoms with E-state index in [-0.39, 0.29) is 21.8 Å². The highest BCUT2D eigenvalue weighted by atomic mass is 32.2. The van der Waals surface area contributed by atoms with E-state index in [0.717, 1.165) is 12.8 Å². The molecule has 1 aromatic rings. The zero-order chi connectivity index (χ0) is 15.5. The predicted molar refractivity (Wildman–Crippen MR) is 79.7 cm³/mol. The summed E-state index contributed by atoms with van der Waals surface area (Å²) in [5.74, 6) is 0.144. The normalized spacial score (nSPS) is 34.3. The van der Waals surface area contributed by atoms with E-state index >= 15 is 0 Å². The van der Waals surface area contributed by atoms with Crippen molar-refractivity contribution in [3.63, 3.8) is 0 Å². The Kier molecular flexibility index (Phi) is 3.23. The topological polar surface area (TPSA) is 46.2 Å². The molecular formula is C16H22FNO2S. The Hall–Kier alpha value is -0.940. The molecule has 2 aliphatic carbocycles. The minimum atomic E-state index is -3.59. The molecule has 3 atom stereocenters. The summed E-state index contributed by atoms with van der Waals surface area (Å²) in [5.41, 5.74) is 0.147. The van der Waals surface area contributed by atoms with Gasteiger partial charge in [0.15, 0.2) is 0 Å². The molecule has 0 unspecified atom stereocenters. The van der Waals surface area contributed by atoms with Crippen LogP contribution in [0.1, 0.15) is 40.0 Å². The zero-order valence-electron chi connectivity index (χ0n) is 12.7. The average Bonchev–Trinajstić information content (AvgIpc) is 2.72. The molecule has 3 rings (SSSR count). The lowest BCUT2D eigenvalue weighted by atomic mass is 9.69. The molecule has 3 nitrogen and oxygen atoms in total. The van der Waals surface area contributed by atoms with Crippen LogP contribution in [0.2, 0.25) is 0 Å². The van der Waals surface area contributed by atoms with Crippen molar-refractivity contribution in [1.82, 2.24) is 4.72 Å². The van der Waals surface area contributed by atoms with E-state index in [4.69, 9.17) is 0 Å². The van der Waals surface area contributed by atoms with Gasteiger partial charge in [-0.3, -0.25) is 0 Å². The summed E-state index contributed by atoms with van der Waals surface area (Å²) in [6.45, 7) is 6.69. The van der Waals surface area contributed by atoms with Crippen molar-refractivity contribution in [1.29, 1.82) is 0 Å². The lowest BCUT2D eigenvalue weighted by molar-refractivity contribution is 0.130. The van der Waals surface area contributed by atoms with Gasteiger partial charge in [0.1, 0.15) is 5.82 Å². The first-order chi connectivity index (χ1) is 9.67. The van der Waals surface area contributed by atoms with Gasteiger partial charge in [-0.1, -0.05) is 20.8 Å². The molecule has 2 bridgehead atoms. The van der Waals surface area contributed by atoms with Gasteiger partial charge < -0.3 is 0 Å². The summed E-state index contributed by atoms with van der Waals surface area (Å²) in [6.07, 6.45) is 3.13. The number of nitrogens with one attached hydrogen (secondary N) is 1. The first-order valence-electron chi connectivity index (χ1n) is 7.45. The highest BCUT2D eigenvalue weighted by molar-refractivity contribution is 7.89. The molecule has 0 saturated heterocycles. The maximum Gasteiger partial charge on any atom is 0.240 e. The lowest BCUT2D eigenvalue weighted by Gasteiger charge is -2.39. The van der Waals surface area contributed by atoms with E-state index in [2.05, 4.69) is 25.5 Å². The van der Waals surface area contributed by atoms with Crippen LogP contribution in [-0.4, -0.2) is 14.5 Å². The number of hydrogen-bond donors (Lipinski definition) is 1. The quantitative estimate of drug-likeness (QED) is 0.931. The first-order valence-corrected chi connectivity index (χ1v) is 8.93. The van der Waals surface area contributed by atoms with Crippen LogP contribution in [0, 0.1) is 22.6 Å². The summed E-state index contributed by atoms with van der Waals surface area (Å²) in [4.78, 5) is 0.132. The van der Waals surface area contributed by atoms with Crippen LogP contribution in [0.25, 0.3) is 0 Å². The Morgan fingerprint density at radius 1 is 1.19 bits per heavy atom. The van der Waals surface area contributed by atoms with E-state index < -0.39 is 15.8 Å². The maximum absolute atomic E-state index is 12.9. The molecule has 0 aliphatic heterocycles. The molecule has 0 spiro atoms. The molecule has 2 fully saturated rings. The summed E-state index contributed by atoms with van der Waals surface area (Å²) in [5, 5.41) is 0. The number of sulfonamides is 1. The van der Waals surface area contributed by atoms with Crippen LogP contribution in [-0.2, 0) is 10.0 Å². The monoisotopic (exact) mass is 311 g/mol. The van der Waals surface area contributed by atoms with Crippen LogP contribution in [0.4, 0.5) is 4.39 Å². The van der Waals surface area contributed by atoms with Gasteiger partial charge in [-0.15, -0.1) is 0 Å². The SMILES string of the molecule is CC1(C)[C@H]2CC[C@]1(C)[C@@H](NS(=O)(=O)c1ccc(F)cc1)C2. The molecule has 0 amide bonds. The Morgan fingerprint density at radius 2 is 1.81 bits per heavy atom. The van der Waals surface area contributed by atoms with Gasteiger partial charge in [-0.05, 0) is 60.3 Å². The number of hydrogen-bond acceptors (Lipinski definition) is 2. The van der Waals surface area contributed by atoms with Crippen LogP contribution in [0.15, 0.2) is 29.2 Å². The van der Waals surface area contributed by atoms with Gasteiger partial charge in [0.05, 0.1) is 4.90 Å². The van der Waals surface area contributed by atoms with Crippen molar-refractivity contribution in [2.75, 3.05) is 0 Å². The predicted octanol–water partition coefficient (Wildman–Crippen LogP) is 3.32. The van der Waals surface area contributed by atoms with Crippen molar-refractivity contribution in [2.45, 2.75) is 51.0 Å². The Morgan fingerprint density at radius 3 is 2.29 bits per heavy atom. The van der Waals surface area contributed by atoms with Gasteiger partial charge in [-0.2, -0.15) is 0 Å². The van der Waals surface area contributed by atoms with Gasteiger partial charge in [0, 0.05) is 6.04 Å². The second-order valence-electron chi connectivity index (χ2n) is 7.24. The fraction of sp³-hybridized carbons (Fsp3) is 0.625. The third-order valence-corrected chi connectivity index (χ3v) is 7.70. The molecule has 2 aliphatic rings. The van der Waals surface area contributed by atoms with Gasteiger partial charge in [0.25, 0.3) is 0 Å². The van der Waals surface area contributed by atoms with Gasteiger partial charge in [0.2, 0.25) is 10.0 Å². The fourth-order valence-corrected chi connectivity index (χ4v) is 5.61. The van der Waals surface area contributed by atoms with E-state index in [1.54, 1.807) is 0 Å². The van der Waals surface area contributed by atoms with Crippen molar-refractivity contribution >= 4 is 10.0 Å². The average molecular weight is 311 g/mol. The van der Waals surface area contributed by atoms with Crippen molar-refractivity contribution in [3.8, 4) is 0 Å². The van der Waals surface area contributed by atoms with Crippen LogP contribution < -0.4 is 4.72 Å². The molecule has 116 valence electrons. The van der Waals surface area contributed by atoms with Gasteiger partial charge in [-0.25, -0.2) is 17.5 Å². The Labute approximate surface area is 126 Å². The van der Waals surface area contributed by atoms with E-state index in [1.807, 2.05) is 0 Å². The van der Waals surface area contributed by atoms with Gasteiger partial charge >= 0.3 is 0 Å². The van der Waals surface area contributed by atoms with Crippen molar-refractivity contribution < 1.29 is 12.8 Å². The number of halogens is 1. The summed E-state index contributed by atoms with van der Waals surface area (Å²) < 4.78 is 40.8. The maximum atomic E-state index is 12.9. The highest BCUT2D eigenvalue weighted by Gasteiger charge is 2.61. The zero-order valence-corrected chi connectivity index (χ0v) is 13.5. The highest BCUT2D eigenvalue weighted by Crippen LogP contribution is 2.65. The third kappa shape index (κ3) is 2.13. The Balaban J connectivity index is 1.86. The molecular weight excluding hydrogens is 289 g/mol. The molecule has 2 saturated carbocycles. The number of rotatable bonds is 3. The number of benzene rings is 1. The van der Waals surface area contributed by atoms with E-state index in [9.17, 15) is 12.8 Å². The standard InChI is InChI=1S/C16H22FNO2S/c1-15(2)11-8-9-16(15,3)14(10-11)18-21(19,20)13-6-4-12(17)5-7-13/h4-7,11,14,18H,8-10H2,1-3H3/t11-,14-,16+/m0/s1. The number of fused-ring (bicyclic) bond motifs is 2. The minimum Gasteiger partial charge on any atom is -0.207 e. The molecule has 5 heteroatoms. The second kappa shape index (κ2) is 4.53. The van der Waals surface area contributed by atoms with Crippen molar-refractivity contribution in [3.05, 3.63) is 30.1 Å². The summed E-state index contributed by atoms with van der Waals surface area (Å²) in [6, 6.07) is 4.96. The Bertz CT molecular complexity index is 653. The fourth-order valence-electron chi connectivity index (χ4n) is 4.25. The summed E-state index contributed by atoms with van der Waals surface area (Å²) in [7, 11) is -3.59. The lowest BCUT2D eigenvalue weighted by Crippen LogP contribution is -2.46. The van der Waals surface area contributed by atoms with E-state index in [1.165, 1.54) is 30.7 Å².